The number of rotatable bonds is 12. The Labute approximate surface area is 184 Å². The van der Waals surface area contributed by atoms with Crippen molar-refractivity contribution in [3.63, 3.8) is 0 Å². The summed E-state index contributed by atoms with van der Waals surface area (Å²) in [7, 11) is 1.33. The molecule has 0 aliphatic carbocycles. The third-order valence-electron chi connectivity index (χ3n) is 4.07. The van der Waals surface area contributed by atoms with Crippen molar-refractivity contribution in [3.8, 4) is 0 Å². The number of carbonyl (C=O) groups is 3. The summed E-state index contributed by atoms with van der Waals surface area (Å²) in [6.45, 7) is 6.74. The van der Waals surface area contributed by atoms with Gasteiger partial charge < -0.3 is 30.2 Å². The van der Waals surface area contributed by atoms with Crippen molar-refractivity contribution in [2.75, 3.05) is 26.7 Å². The van der Waals surface area contributed by atoms with Crippen molar-refractivity contribution in [1.82, 2.24) is 16.0 Å². The van der Waals surface area contributed by atoms with Crippen molar-refractivity contribution in [3.05, 3.63) is 35.9 Å². The van der Waals surface area contributed by atoms with E-state index < -0.39 is 23.8 Å². The maximum Gasteiger partial charge on any atom is 0.407 e. The summed E-state index contributed by atoms with van der Waals surface area (Å²) in [4.78, 5) is 35.3. The molecule has 0 fully saturated rings. The number of methoxy groups -OCH3 is 1. The molecule has 0 aromatic heterocycles. The molecular weight excluding hydrogens is 402 g/mol. The molecule has 0 heterocycles. The van der Waals surface area contributed by atoms with Gasteiger partial charge >= 0.3 is 18.2 Å². The van der Waals surface area contributed by atoms with Gasteiger partial charge in [-0.1, -0.05) is 30.3 Å². The lowest BCUT2D eigenvalue weighted by atomic mass is 10.1. The van der Waals surface area contributed by atoms with Crippen molar-refractivity contribution in [2.45, 2.75) is 58.3 Å². The highest BCUT2D eigenvalue weighted by Gasteiger charge is 2.19. The maximum atomic E-state index is 11.9. The van der Waals surface area contributed by atoms with Crippen molar-refractivity contribution >= 4 is 18.2 Å². The molecular formula is C22H35N3O6. The van der Waals surface area contributed by atoms with Crippen LogP contribution in [0.5, 0.6) is 0 Å². The number of amides is 2. The number of benzene rings is 1. The minimum atomic E-state index is -0.561. The van der Waals surface area contributed by atoms with E-state index in [0.29, 0.717) is 38.9 Å². The molecule has 1 aromatic carbocycles. The molecule has 1 aromatic rings. The minimum Gasteiger partial charge on any atom is -0.468 e. The number of hydrogen-bond acceptors (Lipinski definition) is 7. The molecule has 0 saturated carbocycles. The van der Waals surface area contributed by atoms with E-state index in [1.54, 1.807) is 20.8 Å². The monoisotopic (exact) mass is 437 g/mol. The lowest BCUT2D eigenvalue weighted by Gasteiger charge is -2.20. The van der Waals surface area contributed by atoms with Crippen molar-refractivity contribution < 1.29 is 28.6 Å². The van der Waals surface area contributed by atoms with Gasteiger partial charge in [0.15, 0.2) is 0 Å². The van der Waals surface area contributed by atoms with E-state index in [9.17, 15) is 14.4 Å². The largest absolute Gasteiger partial charge is 0.468 e. The Kier molecular flexibility index (Phi) is 12.0. The van der Waals surface area contributed by atoms with Crippen LogP contribution in [-0.2, 0) is 25.6 Å². The van der Waals surface area contributed by atoms with Crippen molar-refractivity contribution in [1.29, 1.82) is 0 Å². The number of ether oxygens (including phenoxy) is 3. The molecule has 0 bridgehead atoms. The Bertz CT molecular complexity index is 676. The Balaban J connectivity index is 2.19. The van der Waals surface area contributed by atoms with Gasteiger partial charge in [-0.2, -0.15) is 0 Å². The number of esters is 1. The van der Waals surface area contributed by atoms with E-state index in [1.165, 1.54) is 7.11 Å². The Hall–Kier alpha value is -2.81. The first kappa shape index (κ1) is 26.2. The number of carbonyl (C=O) groups excluding carboxylic acids is 3. The summed E-state index contributed by atoms with van der Waals surface area (Å²) in [5, 5.41) is 8.39. The fourth-order valence-electron chi connectivity index (χ4n) is 2.61. The minimum absolute atomic E-state index is 0.221. The topological polar surface area (TPSA) is 115 Å². The number of unbranched alkanes of at least 4 members (excludes halogenated alkanes) is 1. The third kappa shape index (κ3) is 13.2. The van der Waals surface area contributed by atoms with Gasteiger partial charge in [-0.25, -0.2) is 9.59 Å². The Morgan fingerprint density at radius 3 is 2.26 bits per heavy atom. The van der Waals surface area contributed by atoms with Crippen LogP contribution in [0.25, 0.3) is 0 Å². The van der Waals surface area contributed by atoms with E-state index in [2.05, 4.69) is 16.0 Å². The number of nitrogens with one attached hydrogen (secondary N) is 3. The van der Waals surface area contributed by atoms with Crippen LogP contribution >= 0.6 is 0 Å². The smallest absolute Gasteiger partial charge is 0.407 e. The van der Waals surface area contributed by atoms with Gasteiger partial charge in [-0.15, -0.1) is 0 Å². The van der Waals surface area contributed by atoms with E-state index in [-0.39, 0.29) is 12.6 Å². The summed E-state index contributed by atoms with van der Waals surface area (Å²) in [6.07, 6.45) is 0.950. The molecule has 1 atom stereocenters. The first-order chi connectivity index (χ1) is 14.7. The molecule has 0 aliphatic rings. The molecule has 2 amide bonds. The average molecular weight is 438 g/mol. The van der Waals surface area contributed by atoms with Gasteiger partial charge in [-0.05, 0) is 45.6 Å². The van der Waals surface area contributed by atoms with E-state index in [0.717, 1.165) is 5.56 Å². The Morgan fingerprint density at radius 1 is 0.935 bits per heavy atom. The molecule has 0 aliphatic heterocycles. The molecule has 0 unspecified atom stereocenters. The normalized spacial score (nSPS) is 11.9. The molecule has 1 rings (SSSR count). The second kappa shape index (κ2) is 14.2. The highest BCUT2D eigenvalue weighted by Crippen LogP contribution is 2.06. The summed E-state index contributed by atoms with van der Waals surface area (Å²) in [5.41, 5.74) is 0.361. The maximum absolute atomic E-state index is 11.9. The molecule has 174 valence electrons. The quantitative estimate of drug-likeness (QED) is 0.262. The van der Waals surface area contributed by atoms with Gasteiger partial charge in [0.05, 0.1) is 7.11 Å². The fourth-order valence-corrected chi connectivity index (χ4v) is 2.61. The van der Waals surface area contributed by atoms with Crippen LogP contribution in [0.15, 0.2) is 30.3 Å². The molecule has 31 heavy (non-hydrogen) atoms. The summed E-state index contributed by atoms with van der Waals surface area (Å²) >= 11 is 0. The standard InChI is InChI=1S/C22H35N3O6/c1-22(2,3)31-21(28)25-15-14-23-18(19(26)29-4)12-8-9-13-24-20(27)30-16-17-10-6-5-7-11-17/h5-7,10-11,18,23H,8-9,12-16H2,1-4H3,(H,24,27)(H,25,28)/t18-/m1/s1. The van der Waals surface area contributed by atoms with Crippen LogP contribution in [0.4, 0.5) is 9.59 Å². The number of hydrogen-bond donors (Lipinski definition) is 3. The predicted octanol–water partition coefficient (Wildman–Crippen LogP) is 2.74. The molecule has 0 saturated heterocycles. The van der Waals surface area contributed by atoms with Gasteiger partial charge in [0.2, 0.25) is 0 Å². The zero-order chi connectivity index (χ0) is 23.1. The number of alkyl carbamates (subject to hydrolysis) is 2. The van der Waals surface area contributed by atoms with Crippen LogP contribution in [0.1, 0.15) is 45.6 Å². The highest BCUT2D eigenvalue weighted by molar-refractivity contribution is 5.75. The fraction of sp³-hybridized carbons (Fsp3) is 0.591. The van der Waals surface area contributed by atoms with Crippen LogP contribution in [-0.4, -0.2) is 56.5 Å². The summed E-state index contributed by atoms with van der Waals surface area (Å²) in [5.74, 6) is -0.368. The lowest BCUT2D eigenvalue weighted by molar-refractivity contribution is -0.143. The predicted molar refractivity (Wildman–Crippen MR) is 117 cm³/mol. The van der Waals surface area contributed by atoms with Gasteiger partial charge in [-0.3, -0.25) is 4.79 Å². The zero-order valence-electron chi connectivity index (χ0n) is 18.9. The summed E-state index contributed by atoms with van der Waals surface area (Å²) < 4.78 is 15.1. The molecule has 9 nitrogen and oxygen atoms in total. The molecule has 3 N–H and O–H groups in total. The lowest BCUT2D eigenvalue weighted by Crippen LogP contribution is -2.43. The molecule has 0 radical (unpaired) electrons. The van der Waals surface area contributed by atoms with Crippen LogP contribution in [0.2, 0.25) is 0 Å². The van der Waals surface area contributed by atoms with Crippen LogP contribution in [0.3, 0.4) is 0 Å². The average Bonchev–Trinajstić information content (AvgIpc) is 2.72. The Morgan fingerprint density at radius 2 is 1.61 bits per heavy atom. The van der Waals surface area contributed by atoms with Crippen LogP contribution < -0.4 is 16.0 Å². The highest BCUT2D eigenvalue weighted by atomic mass is 16.6. The van der Waals surface area contributed by atoms with Gasteiger partial charge in [0.25, 0.3) is 0 Å². The van der Waals surface area contributed by atoms with Crippen molar-refractivity contribution in [2.24, 2.45) is 0 Å². The van der Waals surface area contributed by atoms with Gasteiger partial charge in [0.1, 0.15) is 18.2 Å². The second-order valence-electron chi connectivity index (χ2n) is 7.94. The zero-order valence-corrected chi connectivity index (χ0v) is 18.9. The first-order valence-corrected chi connectivity index (χ1v) is 10.4. The first-order valence-electron chi connectivity index (χ1n) is 10.4. The molecule has 9 heteroatoms. The molecule has 0 spiro atoms. The van der Waals surface area contributed by atoms with E-state index in [4.69, 9.17) is 14.2 Å². The van der Waals surface area contributed by atoms with Crippen LogP contribution in [0, 0.1) is 0 Å². The SMILES string of the molecule is COC(=O)[C@@H](CCCCNC(=O)OCc1ccccc1)NCCNC(=O)OC(C)(C)C. The van der Waals surface area contributed by atoms with E-state index >= 15 is 0 Å². The van der Waals surface area contributed by atoms with E-state index in [1.807, 2.05) is 30.3 Å². The summed E-state index contributed by atoms with van der Waals surface area (Å²) in [6, 6.07) is 8.95. The second-order valence-corrected chi connectivity index (χ2v) is 7.94. The third-order valence-corrected chi connectivity index (χ3v) is 4.07. The van der Waals surface area contributed by atoms with Gasteiger partial charge in [0, 0.05) is 19.6 Å².